The number of hydrogen-bond donors (Lipinski definition) is 2. The first-order chi connectivity index (χ1) is 11.2. The summed E-state index contributed by atoms with van der Waals surface area (Å²) >= 11 is 7.10. The lowest BCUT2D eigenvalue weighted by molar-refractivity contribution is -0.130. The predicted molar refractivity (Wildman–Crippen MR) is 88.6 cm³/mol. The Labute approximate surface area is 145 Å². The molecular weight excluding hydrogens is 359 g/mol. The summed E-state index contributed by atoms with van der Waals surface area (Å²) in [5.74, 6) is -2.52. The van der Waals surface area contributed by atoms with Gasteiger partial charge in [-0.1, -0.05) is 25.4 Å². The summed E-state index contributed by atoms with van der Waals surface area (Å²) < 4.78 is 18.9. The molecule has 0 radical (unpaired) electrons. The largest absolute Gasteiger partial charge is 0.448 e. The molecule has 0 aliphatic heterocycles. The van der Waals surface area contributed by atoms with Gasteiger partial charge in [-0.05, 0) is 24.1 Å². The van der Waals surface area contributed by atoms with Crippen LogP contribution in [0.1, 0.15) is 23.5 Å². The standard InChI is InChI=1S/C15H14ClFN2O4S/c1-6(2)11(13(20)19-15(18)22)23-14(21)12-10(16)8-4-3-7(17)5-9(8)24-12/h3-6,11H,1-2H3,(H3,18,19,20,22)/t11-/m0/s1. The lowest BCUT2D eigenvalue weighted by Crippen LogP contribution is -2.45. The Hall–Kier alpha value is -2.19. The van der Waals surface area contributed by atoms with Crippen LogP contribution in [0.25, 0.3) is 10.1 Å². The Morgan fingerprint density at radius 2 is 2.00 bits per heavy atom. The number of fused-ring (bicyclic) bond motifs is 1. The van der Waals surface area contributed by atoms with Crippen molar-refractivity contribution in [3.05, 3.63) is 33.9 Å². The van der Waals surface area contributed by atoms with Gasteiger partial charge in [0.05, 0.1) is 5.02 Å². The number of hydrogen-bond acceptors (Lipinski definition) is 5. The van der Waals surface area contributed by atoms with Crippen molar-refractivity contribution in [3.63, 3.8) is 0 Å². The van der Waals surface area contributed by atoms with Crippen LogP contribution in [-0.2, 0) is 9.53 Å². The van der Waals surface area contributed by atoms with Gasteiger partial charge in [0.25, 0.3) is 5.91 Å². The van der Waals surface area contributed by atoms with Crippen LogP contribution >= 0.6 is 22.9 Å². The fraction of sp³-hybridized carbons (Fsp3) is 0.267. The van der Waals surface area contributed by atoms with Gasteiger partial charge in [0.15, 0.2) is 6.10 Å². The number of ether oxygens (including phenoxy) is 1. The summed E-state index contributed by atoms with van der Waals surface area (Å²) in [6, 6.07) is 2.90. The first kappa shape index (κ1) is 18.2. The van der Waals surface area contributed by atoms with Crippen LogP contribution < -0.4 is 11.1 Å². The molecular formula is C15H14ClFN2O4S. The highest BCUT2D eigenvalue weighted by molar-refractivity contribution is 7.21. The summed E-state index contributed by atoms with van der Waals surface area (Å²) in [5.41, 5.74) is 4.90. The van der Waals surface area contributed by atoms with Gasteiger partial charge < -0.3 is 10.5 Å². The molecule has 9 heteroatoms. The number of rotatable bonds is 4. The number of urea groups is 1. The van der Waals surface area contributed by atoms with Gasteiger partial charge in [-0.3, -0.25) is 10.1 Å². The first-order valence-electron chi connectivity index (χ1n) is 6.89. The van der Waals surface area contributed by atoms with Crippen molar-refractivity contribution in [2.75, 3.05) is 0 Å². The van der Waals surface area contributed by atoms with Crippen molar-refractivity contribution in [3.8, 4) is 0 Å². The molecule has 0 bridgehead atoms. The van der Waals surface area contributed by atoms with Crippen LogP contribution in [0, 0.1) is 11.7 Å². The Bertz CT molecular complexity index is 821. The maximum Gasteiger partial charge on any atom is 0.350 e. The number of nitrogens with two attached hydrogens (primary N) is 1. The molecule has 0 aliphatic carbocycles. The Morgan fingerprint density at radius 3 is 2.58 bits per heavy atom. The molecule has 1 aromatic carbocycles. The van der Waals surface area contributed by atoms with Gasteiger partial charge >= 0.3 is 12.0 Å². The van der Waals surface area contributed by atoms with Crippen LogP contribution in [0.15, 0.2) is 18.2 Å². The second-order valence-corrected chi connectivity index (χ2v) is 6.74. The van der Waals surface area contributed by atoms with Crippen LogP contribution in [-0.4, -0.2) is 24.0 Å². The minimum atomic E-state index is -1.22. The van der Waals surface area contributed by atoms with Crippen LogP contribution in [0.3, 0.4) is 0 Å². The van der Waals surface area contributed by atoms with E-state index in [0.29, 0.717) is 10.1 Å². The molecule has 3 amide bonds. The molecule has 0 fully saturated rings. The van der Waals surface area contributed by atoms with E-state index in [9.17, 15) is 18.8 Å². The van der Waals surface area contributed by atoms with Gasteiger partial charge in [0, 0.05) is 10.1 Å². The zero-order valence-corrected chi connectivity index (χ0v) is 14.3. The zero-order chi connectivity index (χ0) is 18.0. The third-order valence-corrected chi connectivity index (χ3v) is 4.76. The summed E-state index contributed by atoms with van der Waals surface area (Å²) in [5, 5.41) is 2.51. The second kappa shape index (κ2) is 7.14. The molecule has 6 nitrogen and oxygen atoms in total. The van der Waals surface area contributed by atoms with E-state index in [4.69, 9.17) is 22.1 Å². The highest BCUT2D eigenvalue weighted by Crippen LogP contribution is 2.36. The highest BCUT2D eigenvalue weighted by Gasteiger charge is 2.29. The summed E-state index contributed by atoms with van der Waals surface area (Å²) in [4.78, 5) is 35.1. The van der Waals surface area contributed by atoms with Crippen molar-refractivity contribution in [1.82, 2.24) is 5.32 Å². The number of halogens is 2. The number of nitrogens with one attached hydrogen (secondary N) is 1. The number of amides is 3. The lowest BCUT2D eigenvalue weighted by atomic mass is 10.1. The molecule has 0 unspecified atom stereocenters. The topological polar surface area (TPSA) is 98.5 Å². The minimum Gasteiger partial charge on any atom is -0.448 e. The average Bonchev–Trinajstić information content (AvgIpc) is 2.79. The smallest absolute Gasteiger partial charge is 0.350 e. The van der Waals surface area contributed by atoms with Gasteiger partial charge in [-0.25, -0.2) is 14.0 Å². The van der Waals surface area contributed by atoms with Crippen LogP contribution in [0.4, 0.5) is 9.18 Å². The third-order valence-electron chi connectivity index (χ3n) is 3.12. The summed E-state index contributed by atoms with van der Waals surface area (Å²) in [7, 11) is 0. The quantitative estimate of drug-likeness (QED) is 0.805. The van der Waals surface area contributed by atoms with E-state index in [2.05, 4.69) is 0 Å². The first-order valence-corrected chi connectivity index (χ1v) is 8.09. The number of carbonyl (C=O) groups is 3. The van der Waals surface area contributed by atoms with E-state index >= 15 is 0 Å². The number of imide groups is 1. The van der Waals surface area contributed by atoms with E-state index in [1.165, 1.54) is 18.2 Å². The van der Waals surface area contributed by atoms with E-state index in [-0.39, 0.29) is 9.90 Å². The van der Waals surface area contributed by atoms with E-state index in [1.54, 1.807) is 13.8 Å². The van der Waals surface area contributed by atoms with Crippen molar-refractivity contribution in [2.45, 2.75) is 20.0 Å². The fourth-order valence-corrected chi connectivity index (χ4v) is 3.44. The Balaban J connectivity index is 2.28. The van der Waals surface area contributed by atoms with Gasteiger partial charge in [0.1, 0.15) is 10.7 Å². The fourth-order valence-electron chi connectivity index (χ4n) is 2.02. The van der Waals surface area contributed by atoms with Crippen molar-refractivity contribution < 1.29 is 23.5 Å². The Morgan fingerprint density at radius 1 is 1.33 bits per heavy atom. The monoisotopic (exact) mass is 372 g/mol. The number of esters is 1. The number of benzene rings is 1. The van der Waals surface area contributed by atoms with Crippen molar-refractivity contribution >= 4 is 50.9 Å². The molecule has 2 rings (SSSR count). The maximum absolute atomic E-state index is 13.3. The van der Waals surface area contributed by atoms with Crippen molar-refractivity contribution in [2.24, 2.45) is 11.7 Å². The highest BCUT2D eigenvalue weighted by atomic mass is 35.5. The molecule has 1 aromatic heterocycles. The second-order valence-electron chi connectivity index (χ2n) is 5.31. The predicted octanol–water partition coefficient (Wildman–Crippen LogP) is 3.07. The van der Waals surface area contributed by atoms with E-state index < -0.39 is 35.7 Å². The molecule has 3 N–H and O–H groups in total. The number of primary amides is 1. The van der Waals surface area contributed by atoms with Crippen LogP contribution in [0.5, 0.6) is 0 Å². The minimum absolute atomic E-state index is 0.0507. The molecule has 128 valence electrons. The van der Waals surface area contributed by atoms with Crippen LogP contribution in [0.2, 0.25) is 5.02 Å². The molecule has 2 aromatic rings. The molecule has 0 saturated heterocycles. The average molecular weight is 373 g/mol. The number of thiophene rings is 1. The zero-order valence-electron chi connectivity index (χ0n) is 12.8. The molecule has 24 heavy (non-hydrogen) atoms. The normalized spacial score (nSPS) is 12.2. The summed E-state index contributed by atoms with van der Waals surface area (Å²) in [6.07, 6.45) is -1.22. The molecule has 0 saturated carbocycles. The van der Waals surface area contributed by atoms with Crippen molar-refractivity contribution in [1.29, 1.82) is 0 Å². The van der Waals surface area contributed by atoms with Gasteiger partial charge in [-0.15, -0.1) is 11.3 Å². The molecule has 1 atom stereocenters. The summed E-state index contributed by atoms with van der Waals surface area (Å²) in [6.45, 7) is 3.28. The SMILES string of the molecule is CC(C)[C@H](OC(=O)c1sc2cc(F)ccc2c1Cl)C(=O)NC(N)=O. The number of carbonyl (C=O) groups excluding carboxylic acids is 3. The van der Waals surface area contributed by atoms with E-state index in [0.717, 1.165) is 11.3 Å². The molecule has 0 aliphatic rings. The van der Waals surface area contributed by atoms with Gasteiger partial charge in [-0.2, -0.15) is 0 Å². The third kappa shape index (κ3) is 3.82. The van der Waals surface area contributed by atoms with E-state index in [1.807, 2.05) is 5.32 Å². The molecule has 0 spiro atoms. The van der Waals surface area contributed by atoms with Gasteiger partial charge in [0.2, 0.25) is 0 Å². The maximum atomic E-state index is 13.3. The Kier molecular flexibility index (Phi) is 5.40. The lowest BCUT2D eigenvalue weighted by Gasteiger charge is -2.19. The molecule has 1 heterocycles.